The number of halogens is 3. The second-order valence-corrected chi connectivity index (χ2v) is 7.16. The summed E-state index contributed by atoms with van der Waals surface area (Å²) in [6, 6.07) is 11.8. The van der Waals surface area contributed by atoms with Gasteiger partial charge in [-0.2, -0.15) is 0 Å². The molecule has 0 fully saturated rings. The number of alkyl halides is 1. The van der Waals surface area contributed by atoms with Crippen LogP contribution in [0.25, 0.3) is 0 Å². The summed E-state index contributed by atoms with van der Waals surface area (Å²) >= 11 is 13.2. The molecular weight excluding hydrogens is 417 g/mol. The van der Waals surface area contributed by atoms with Crippen molar-refractivity contribution in [2.75, 3.05) is 6.54 Å². The Morgan fingerprint density at radius 1 is 1.19 bits per heavy atom. The highest BCUT2D eigenvalue weighted by molar-refractivity contribution is 9.11. The molecule has 1 atom stereocenters. The van der Waals surface area contributed by atoms with E-state index in [0.717, 1.165) is 33.1 Å². The summed E-state index contributed by atoms with van der Waals surface area (Å²) in [6.45, 7) is 0.714. The van der Waals surface area contributed by atoms with Crippen molar-refractivity contribution in [1.29, 1.82) is 0 Å². The summed E-state index contributed by atoms with van der Waals surface area (Å²) in [7, 11) is 0. The van der Waals surface area contributed by atoms with Crippen LogP contribution in [0.2, 0.25) is 5.02 Å². The van der Waals surface area contributed by atoms with Gasteiger partial charge >= 0.3 is 0 Å². The van der Waals surface area contributed by atoms with E-state index < -0.39 is 0 Å². The van der Waals surface area contributed by atoms with Crippen LogP contribution in [-0.2, 0) is 6.42 Å². The molecule has 0 saturated carbocycles. The van der Waals surface area contributed by atoms with E-state index in [-0.39, 0.29) is 10.7 Å². The lowest BCUT2D eigenvalue weighted by atomic mass is 9.95. The third kappa shape index (κ3) is 3.03. The molecule has 5 heteroatoms. The van der Waals surface area contributed by atoms with Gasteiger partial charge in [0.15, 0.2) is 0 Å². The third-order valence-corrected chi connectivity index (χ3v) is 5.53. The van der Waals surface area contributed by atoms with Crippen LogP contribution in [0.15, 0.2) is 40.9 Å². The molecule has 0 saturated heterocycles. The molecule has 2 aromatic carbocycles. The molecular formula is C16H12Br2ClNO. The fraction of sp³-hybridized carbons (Fsp3) is 0.188. The van der Waals surface area contributed by atoms with Crippen LogP contribution in [0.1, 0.15) is 31.9 Å². The van der Waals surface area contributed by atoms with Crippen LogP contribution >= 0.6 is 43.5 Å². The van der Waals surface area contributed by atoms with Gasteiger partial charge in [0.2, 0.25) is 0 Å². The van der Waals surface area contributed by atoms with Gasteiger partial charge in [-0.05, 0) is 41.3 Å². The van der Waals surface area contributed by atoms with E-state index in [2.05, 4.69) is 43.2 Å². The summed E-state index contributed by atoms with van der Waals surface area (Å²) in [5.41, 5.74) is 4.01. The van der Waals surface area contributed by atoms with Gasteiger partial charge in [-0.15, -0.1) is 0 Å². The van der Waals surface area contributed by atoms with Gasteiger partial charge < -0.3 is 5.32 Å². The van der Waals surface area contributed by atoms with Crippen molar-refractivity contribution in [2.24, 2.45) is 0 Å². The average molecular weight is 430 g/mol. The van der Waals surface area contributed by atoms with Crippen molar-refractivity contribution in [3.63, 3.8) is 0 Å². The molecule has 1 N–H and O–H groups in total. The van der Waals surface area contributed by atoms with Gasteiger partial charge in [0, 0.05) is 21.6 Å². The Balaban J connectivity index is 2.00. The van der Waals surface area contributed by atoms with Crippen molar-refractivity contribution < 1.29 is 4.79 Å². The Morgan fingerprint density at radius 2 is 2.00 bits per heavy atom. The average Bonchev–Trinajstić information content (AvgIpc) is 2.47. The number of hydrogen-bond acceptors (Lipinski definition) is 1. The van der Waals surface area contributed by atoms with Gasteiger partial charge in [-0.25, -0.2) is 0 Å². The van der Waals surface area contributed by atoms with Crippen molar-refractivity contribution >= 4 is 49.4 Å². The van der Waals surface area contributed by atoms with Crippen LogP contribution in [-0.4, -0.2) is 12.5 Å². The fourth-order valence-corrected chi connectivity index (χ4v) is 4.38. The van der Waals surface area contributed by atoms with Crippen molar-refractivity contribution in [3.8, 4) is 0 Å². The molecule has 0 radical (unpaired) electrons. The Kier molecular flexibility index (Phi) is 4.38. The van der Waals surface area contributed by atoms with Crippen molar-refractivity contribution in [1.82, 2.24) is 5.32 Å². The van der Waals surface area contributed by atoms with Gasteiger partial charge in [0.05, 0.1) is 4.83 Å². The molecule has 3 rings (SSSR count). The molecule has 2 nitrogen and oxygen atoms in total. The van der Waals surface area contributed by atoms with E-state index in [9.17, 15) is 4.79 Å². The molecule has 1 unspecified atom stereocenters. The van der Waals surface area contributed by atoms with Crippen LogP contribution in [0.3, 0.4) is 0 Å². The Morgan fingerprint density at radius 3 is 2.76 bits per heavy atom. The molecule has 108 valence electrons. The lowest BCUT2D eigenvalue weighted by Crippen LogP contribution is -2.31. The molecule has 1 aliphatic heterocycles. The van der Waals surface area contributed by atoms with Gasteiger partial charge in [0.25, 0.3) is 5.91 Å². The predicted octanol–water partition coefficient (Wildman–Crippen LogP) is 4.87. The lowest BCUT2D eigenvalue weighted by Gasteiger charge is -2.19. The molecule has 0 bridgehead atoms. The number of carbonyl (C=O) groups excluding carboxylic acids is 1. The molecule has 0 aliphatic carbocycles. The molecule has 0 spiro atoms. The molecule has 1 aliphatic rings. The highest BCUT2D eigenvalue weighted by atomic mass is 79.9. The minimum Gasteiger partial charge on any atom is -0.352 e. The summed E-state index contributed by atoms with van der Waals surface area (Å²) in [4.78, 5) is 12.0. The SMILES string of the molecule is O=C1NCCc2ccc(C(Br)c3ccc(Cl)cc3Br)cc21. The van der Waals surface area contributed by atoms with Gasteiger partial charge in [-0.1, -0.05) is 61.7 Å². The second-order valence-electron chi connectivity index (χ2n) is 4.95. The zero-order valence-corrected chi connectivity index (χ0v) is 14.9. The first kappa shape index (κ1) is 15.1. The van der Waals surface area contributed by atoms with Crippen LogP contribution in [0.4, 0.5) is 0 Å². The minimum atomic E-state index is 0.00386. The number of carbonyl (C=O) groups is 1. The van der Waals surface area contributed by atoms with E-state index in [1.165, 1.54) is 0 Å². The van der Waals surface area contributed by atoms with E-state index in [1.54, 1.807) is 0 Å². The van der Waals surface area contributed by atoms with E-state index in [4.69, 9.17) is 11.6 Å². The maximum absolute atomic E-state index is 12.0. The fourth-order valence-electron chi connectivity index (χ4n) is 2.47. The standard InChI is InChI=1S/C16H12Br2ClNO/c17-14-8-11(19)3-4-12(14)15(18)10-2-1-9-5-6-20-16(21)13(9)7-10/h1-4,7-8,15H,5-6H2,(H,20,21). The largest absolute Gasteiger partial charge is 0.352 e. The maximum Gasteiger partial charge on any atom is 0.251 e. The normalized spacial score (nSPS) is 15.3. The summed E-state index contributed by atoms with van der Waals surface area (Å²) < 4.78 is 0.944. The van der Waals surface area contributed by atoms with Crippen molar-refractivity contribution in [2.45, 2.75) is 11.2 Å². The zero-order chi connectivity index (χ0) is 15.0. The lowest BCUT2D eigenvalue weighted by molar-refractivity contribution is 0.0946. The van der Waals surface area contributed by atoms with Crippen LogP contribution in [0, 0.1) is 0 Å². The Bertz CT molecular complexity index is 717. The molecule has 21 heavy (non-hydrogen) atoms. The van der Waals surface area contributed by atoms with Crippen LogP contribution in [0.5, 0.6) is 0 Å². The Labute approximate surface area is 145 Å². The number of hydrogen-bond donors (Lipinski definition) is 1. The van der Waals surface area contributed by atoms with E-state index >= 15 is 0 Å². The maximum atomic E-state index is 12.0. The number of nitrogens with one attached hydrogen (secondary N) is 1. The number of amides is 1. The van der Waals surface area contributed by atoms with Gasteiger partial charge in [-0.3, -0.25) is 4.79 Å². The summed E-state index contributed by atoms with van der Waals surface area (Å²) in [5, 5.41) is 3.57. The highest BCUT2D eigenvalue weighted by Crippen LogP contribution is 2.37. The first-order valence-electron chi connectivity index (χ1n) is 6.56. The van der Waals surface area contributed by atoms with E-state index in [0.29, 0.717) is 11.6 Å². The number of fused-ring (bicyclic) bond motifs is 1. The molecule has 1 heterocycles. The number of rotatable bonds is 2. The number of benzene rings is 2. The predicted molar refractivity (Wildman–Crippen MR) is 92.4 cm³/mol. The third-order valence-electron chi connectivity index (χ3n) is 3.59. The molecule has 1 amide bonds. The summed E-state index contributed by atoms with van der Waals surface area (Å²) in [5.74, 6) is 0.00738. The first-order chi connectivity index (χ1) is 10.1. The topological polar surface area (TPSA) is 29.1 Å². The zero-order valence-electron chi connectivity index (χ0n) is 11.0. The summed E-state index contributed by atoms with van der Waals surface area (Å²) in [6.07, 6.45) is 0.888. The smallest absolute Gasteiger partial charge is 0.251 e. The minimum absolute atomic E-state index is 0.00386. The van der Waals surface area contributed by atoms with Crippen molar-refractivity contribution in [3.05, 3.63) is 68.1 Å². The first-order valence-corrected chi connectivity index (χ1v) is 8.65. The Hall–Kier alpha value is -0.840. The van der Waals surface area contributed by atoms with E-state index in [1.807, 2.05) is 30.3 Å². The van der Waals surface area contributed by atoms with Crippen LogP contribution < -0.4 is 5.32 Å². The quantitative estimate of drug-likeness (QED) is 0.678. The molecule has 2 aromatic rings. The molecule has 0 aromatic heterocycles. The monoisotopic (exact) mass is 427 g/mol. The van der Waals surface area contributed by atoms with Gasteiger partial charge in [0.1, 0.15) is 0 Å². The highest BCUT2D eigenvalue weighted by Gasteiger charge is 2.20. The second kappa shape index (κ2) is 6.11.